The van der Waals surface area contributed by atoms with Crippen LogP contribution in [0.3, 0.4) is 0 Å². The van der Waals surface area contributed by atoms with Gasteiger partial charge in [0.05, 0.1) is 17.1 Å². The summed E-state index contributed by atoms with van der Waals surface area (Å²) in [5.41, 5.74) is 1.52. The molecule has 0 radical (unpaired) electrons. The molecular formula is C22H25ClN2O4S. The first kappa shape index (κ1) is 21.2. The molecular weight excluding hydrogens is 424 g/mol. The molecule has 1 atom stereocenters. The van der Waals surface area contributed by atoms with Crippen molar-refractivity contribution in [2.45, 2.75) is 19.1 Å². The Kier molecular flexibility index (Phi) is 6.32. The van der Waals surface area contributed by atoms with Gasteiger partial charge in [0.25, 0.3) is 5.91 Å². The zero-order chi connectivity index (χ0) is 21.1. The van der Waals surface area contributed by atoms with Crippen LogP contribution in [0.25, 0.3) is 0 Å². The van der Waals surface area contributed by atoms with E-state index < -0.39 is 9.84 Å². The first-order valence-electron chi connectivity index (χ1n) is 10.1. The van der Waals surface area contributed by atoms with Gasteiger partial charge >= 0.3 is 0 Å². The molecule has 160 valence electrons. The molecule has 8 heteroatoms. The Balaban J connectivity index is 1.37. The average Bonchev–Trinajstić information content (AvgIpc) is 3.13. The summed E-state index contributed by atoms with van der Waals surface area (Å²) in [6, 6.07) is 14.8. The molecule has 0 bridgehead atoms. The maximum atomic E-state index is 13.1. The molecule has 1 amide bonds. The predicted molar refractivity (Wildman–Crippen MR) is 117 cm³/mol. The number of halogens is 1. The minimum Gasteiger partial charge on any atom is -0.488 e. The third-order valence-corrected chi connectivity index (χ3v) is 7.75. The molecule has 6 nitrogen and oxygen atoms in total. The van der Waals surface area contributed by atoms with Crippen molar-refractivity contribution in [2.24, 2.45) is 0 Å². The molecule has 2 aliphatic rings. The molecule has 0 N–H and O–H groups in total. The van der Waals surface area contributed by atoms with E-state index in [1.165, 1.54) is 0 Å². The van der Waals surface area contributed by atoms with Gasteiger partial charge in [-0.25, -0.2) is 8.42 Å². The number of hydrogen-bond acceptors (Lipinski definition) is 5. The van der Waals surface area contributed by atoms with Crippen molar-refractivity contribution < 1.29 is 17.9 Å². The summed E-state index contributed by atoms with van der Waals surface area (Å²) in [4.78, 5) is 17.2. The molecule has 0 unspecified atom stereocenters. The highest BCUT2D eigenvalue weighted by molar-refractivity contribution is 7.91. The number of para-hydroxylation sites is 1. The van der Waals surface area contributed by atoms with Crippen molar-refractivity contribution in [2.75, 3.05) is 37.7 Å². The van der Waals surface area contributed by atoms with Crippen LogP contribution in [-0.2, 0) is 16.4 Å². The molecule has 30 heavy (non-hydrogen) atoms. The van der Waals surface area contributed by atoms with Crippen LogP contribution in [0, 0.1) is 0 Å². The van der Waals surface area contributed by atoms with Crippen molar-refractivity contribution in [3.05, 3.63) is 64.7 Å². The van der Waals surface area contributed by atoms with Gasteiger partial charge in [-0.3, -0.25) is 9.69 Å². The van der Waals surface area contributed by atoms with E-state index in [-0.39, 0.29) is 23.5 Å². The second-order valence-electron chi connectivity index (χ2n) is 7.80. The Labute approximate surface area is 182 Å². The summed E-state index contributed by atoms with van der Waals surface area (Å²) in [5.74, 6) is 1.01. The van der Waals surface area contributed by atoms with Crippen molar-refractivity contribution in [1.82, 2.24) is 9.80 Å². The summed E-state index contributed by atoms with van der Waals surface area (Å²) in [5, 5.41) is 0.670. The molecule has 2 aromatic carbocycles. The van der Waals surface area contributed by atoms with E-state index in [4.69, 9.17) is 16.3 Å². The zero-order valence-electron chi connectivity index (χ0n) is 16.7. The fourth-order valence-electron chi connectivity index (χ4n) is 4.03. The fraction of sp³-hybridized carbons (Fsp3) is 0.409. The van der Waals surface area contributed by atoms with Gasteiger partial charge < -0.3 is 9.64 Å². The first-order chi connectivity index (χ1) is 14.4. The van der Waals surface area contributed by atoms with Gasteiger partial charge in [-0.05, 0) is 36.2 Å². The molecule has 2 aliphatic heterocycles. The SMILES string of the molecule is O=C(c1ccccc1OCc1ccc(Cl)cc1)N1CCN([C@@H]2CCS(=O)(=O)C2)CC1. The second kappa shape index (κ2) is 8.96. The number of rotatable bonds is 5. The number of nitrogens with zero attached hydrogens (tertiary/aromatic N) is 2. The number of carbonyl (C=O) groups excluding carboxylic acids is 1. The Morgan fingerprint density at radius 2 is 1.73 bits per heavy atom. The summed E-state index contributed by atoms with van der Waals surface area (Å²) < 4.78 is 29.4. The van der Waals surface area contributed by atoms with E-state index in [0.29, 0.717) is 55.5 Å². The van der Waals surface area contributed by atoms with E-state index in [1.54, 1.807) is 6.07 Å². The topological polar surface area (TPSA) is 66.9 Å². The smallest absolute Gasteiger partial charge is 0.257 e. The van der Waals surface area contributed by atoms with Crippen LogP contribution >= 0.6 is 11.6 Å². The molecule has 0 aliphatic carbocycles. The third kappa shape index (κ3) is 4.96. The van der Waals surface area contributed by atoms with Crippen LogP contribution in [0.5, 0.6) is 5.75 Å². The second-order valence-corrected chi connectivity index (χ2v) is 10.5. The lowest BCUT2D eigenvalue weighted by molar-refractivity contribution is 0.0583. The van der Waals surface area contributed by atoms with Crippen LogP contribution in [-0.4, -0.2) is 67.9 Å². The van der Waals surface area contributed by atoms with Crippen molar-refractivity contribution in [3.8, 4) is 5.75 Å². The Morgan fingerprint density at radius 3 is 2.40 bits per heavy atom. The molecule has 2 aromatic rings. The lowest BCUT2D eigenvalue weighted by Gasteiger charge is -2.37. The molecule has 2 heterocycles. The van der Waals surface area contributed by atoms with E-state index in [2.05, 4.69) is 4.90 Å². The normalized spacial score (nSPS) is 21.5. The summed E-state index contributed by atoms with van der Waals surface area (Å²) in [6.07, 6.45) is 0.692. The van der Waals surface area contributed by atoms with Gasteiger partial charge in [0.1, 0.15) is 12.4 Å². The van der Waals surface area contributed by atoms with E-state index in [0.717, 1.165) is 5.56 Å². The number of ether oxygens (including phenoxy) is 1. The number of amides is 1. The standard InChI is InChI=1S/C22H25ClN2O4S/c23-18-7-5-17(6-8-18)15-29-21-4-2-1-3-20(21)22(26)25-12-10-24(11-13-25)19-9-14-30(27,28)16-19/h1-8,19H,9-16H2/t19-/m1/s1. The number of hydrogen-bond donors (Lipinski definition) is 0. The van der Waals surface area contributed by atoms with Crippen LogP contribution < -0.4 is 4.74 Å². The summed E-state index contributed by atoms with van der Waals surface area (Å²) in [6.45, 7) is 2.91. The molecule has 0 spiro atoms. The summed E-state index contributed by atoms with van der Waals surface area (Å²) >= 11 is 5.92. The predicted octanol–water partition coefficient (Wildman–Crippen LogP) is 2.86. The molecule has 2 saturated heterocycles. The zero-order valence-corrected chi connectivity index (χ0v) is 18.2. The molecule has 4 rings (SSSR count). The van der Waals surface area contributed by atoms with Gasteiger partial charge in [-0.1, -0.05) is 35.9 Å². The Morgan fingerprint density at radius 1 is 1.03 bits per heavy atom. The molecule has 2 fully saturated rings. The van der Waals surface area contributed by atoms with Crippen molar-refractivity contribution in [1.29, 1.82) is 0 Å². The van der Waals surface area contributed by atoms with Crippen LogP contribution in [0.4, 0.5) is 0 Å². The number of benzene rings is 2. The van der Waals surface area contributed by atoms with Gasteiger partial charge in [0, 0.05) is 37.2 Å². The van der Waals surface area contributed by atoms with E-state index >= 15 is 0 Å². The van der Waals surface area contributed by atoms with Crippen LogP contribution in [0.15, 0.2) is 48.5 Å². The van der Waals surface area contributed by atoms with Gasteiger partial charge in [0.2, 0.25) is 0 Å². The molecule has 0 saturated carbocycles. The Bertz CT molecular complexity index is 1000. The maximum Gasteiger partial charge on any atom is 0.257 e. The lowest BCUT2D eigenvalue weighted by atomic mass is 10.1. The average molecular weight is 449 g/mol. The Hall–Kier alpha value is -2.09. The third-order valence-electron chi connectivity index (χ3n) is 5.75. The lowest BCUT2D eigenvalue weighted by Crippen LogP contribution is -2.52. The van der Waals surface area contributed by atoms with Crippen molar-refractivity contribution >= 4 is 27.3 Å². The number of sulfone groups is 1. The largest absolute Gasteiger partial charge is 0.488 e. The van der Waals surface area contributed by atoms with Crippen LogP contribution in [0.1, 0.15) is 22.3 Å². The monoisotopic (exact) mass is 448 g/mol. The first-order valence-corrected chi connectivity index (χ1v) is 12.3. The van der Waals surface area contributed by atoms with E-state index in [1.807, 2.05) is 47.4 Å². The van der Waals surface area contributed by atoms with Crippen LogP contribution in [0.2, 0.25) is 5.02 Å². The maximum absolute atomic E-state index is 13.1. The van der Waals surface area contributed by atoms with E-state index in [9.17, 15) is 13.2 Å². The highest BCUT2D eigenvalue weighted by Gasteiger charge is 2.34. The number of carbonyl (C=O) groups is 1. The highest BCUT2D eigenvalue weighted by atomic mass is 35.5. The number of piperazine rings is 1. The van der Waals surface area contributed by atoms with Gasteiger partial charge in [-0.2, -0.15) is 0 Å². The summed E-state index contributed by atoms with van der Waals surface area (Å²) in [7, 11) is -2.90. The highest BCUT2D eigenvalue weighted by Crippen LogP contribution is 2.24. The minimum atomic E-state index is -2.90. The fourth-order valence-corrected chi connectivity index (χ4v) is 5.92. The quantitative estimate of drug-likeness (QED) is 0.703. The molecule has 0 aromatic heterocycles. The van der Waals surface area contributed by atoms with Gasteiger partial charge in [0.15, 0.2) is 9.84 Å². The van der Waals surface area contributed by atoms with Crippen molar-refractivity contribution in [3.63, 3.8) is 0 Å². The van der Waals surface area contributed by atoms with Gasteiger partial charge in [-0.15, -0.1) is 0 Å². The minimum absolute atomic E-state index is 0.0552.